The summed E-state index contributed by atoms with van der Waals surface area (Å²) in [5, 5.41) is 10.0. The van der Waals surface area contributed by atoms with Crippen molar-refractivity contribution < 1.29 is 24.1 Å². The summed E-state index contributed by atoms with van der Waals surface area (Å²) in [5.74, 6) is 0.607. The van der Waals surface area contributed by atoms with Gasteiger partial charge in [0.25, 0.3) is 0 Å². The molecule has 0 radical (unpaired) electrons. The Morgan fingerprint density at radius 3 is 2.22 bits per heavy atom. The molecule has 1 N–H and O–H groups in total. The molecular formula is C18H18O5. The first-order valence-corrected chi connectivity index (χ1v) is 6.91. The molecule has 0 aliphatic rings. The van der Waals surface area contributed by atoms with E-state index in [4.69, 9.17) is 14.2 Å². The highest BCUT2D eigenvalue weighted by Gasteiger charge is 2.17. The van der Waals surface area contributed by atoms with Gasteiger partial charge in [-0.15, -0.1) is 0 Å². The van der Waals surface area contributed by atoms with Crippen LogP contribution < -0.4 is 14.2 Å². The molecule has 0 saturated heterocycles. The molecule has 120 valence electrons. The molecule has 0 unspecified atom stereocenters. The summed E-state index contributed by atoms with van der Waals surface area (Å²) in [6, 6.07) is 10.4. The van der Waals surface area contributed by atoms with E-state index in [0.29, 0.717) is 0 Å². The van der Waals surface area contributed by atoms with Crippen LogP contribution in [0.25, 0.3) is 6.08 Å². The van der Waals surface area contributed by atoms with Crippen molar-refractivity contribution in [2.24, 2.45) is 0 Å². The highest BCUT2D eigenvalue weighted by molar-refractivity contribution is 6.09. The summed E-state index contributed by atoms with van der Waals surface area (Å²) in [7, 11) is 4.41. The minimum atomic E-state index is -0.282. The topological polar surface area (TPSA) is 65.0 Å². The summed E-state index contributed by atoms with van der Waals surface area (Å²) >= 11 is 0. The predicted octanol–water partition coefficient (Wildman–Crippen LogP) is 3.31. The minimum Gasteiger partial charge on any atom is -0.502 e. The van der Waals surface area contributed by atoms with Gasteiger partial charge < -0.3 is 19.3 Å². The molecule has 2 aromatic carbocycles. The third-order valence-corrected chi connectivity index (χ3v) is 3.33. The normalized spacial score (nSPS) is 10.6. The molecule has 0 aliphatic carbocycles. The molecule has 0 atom stereocenters. The molecule has 2 aromatic rings. The summed E-state index contributed by atoms with van der Waals surface area (Å²) in [4.78, 5) is 12.3. The number of ether oxygens (including phenoxy) is 3. The highest BCUT2D eigenvalue weighted by atomic mass is 16.5. The minimum absolute atomic E-state index is 0.0914. The zero-order valence-corrected chi connectivity index (χ0v) is 13.2. The number of aromatic hydroxyl groups is 1. The Morgan fingerprint density at radius 2 is 1.65 bits per heavy atom. The number of allylic oxidation sites excluding steroid dienone is 1. The zero-order chi connectivity index (χ0) is 16.8. The lowest BCUT2D eigenvalue weighted by Crippen LogP contribution is -2.00. The zero-order valence-electron chi connectivity index (χ0n) is 13.2. The van der Waals surface area contributed by atoms with Crippen LogP contribution in [0.2, 0.25) is 0 Å². The van der Waals surface area contributed by atoms with Crippen molar-refractivity contribution in [3.63, 3.8) is 0 Å². The van der Waals surface area contributed by atoms with E-state index in [1.807, 2.05) is 24.3 Å². The lowest BCUT2D eigenvalue weighted by molar-refractivity contribution is 0.104. The summed E-state index contributed by atoms with van der Waals surface area (Å²) in [6.45, 7) is 0. The summed E-state index contributed by atoms with van der Waals surface area (Å²) < 4.78 is 15.2. The van der Waals surface area contributed by atoms with Gasteiger partial charge in [0.2, 0.25) is 5.75 Å². The third kappa shape index (κ3) is 3.63. The molecule has 0 fully saturated rings. The van der Waals surface area contributed by atoms with Crippen molar-refractivity contribution in [1.29, 1.82) is 0 Å². The highest BCUT2D eigenvalue weighted by Crippen LogP contribution is 2.38. The quantitative estimate of drug-likeness (QED) is 0.654. The van der Waals surface area contributed by atoms with Gasteiger partial charge in [0, 0.05) is 0 Å². The maximum absolute atomic E-state index is 12.3. The summed E-state index contributed by atoms with van der Waals surface area (Å²) in [5.41, 5.74) is 1.12. The van der Waals surface area contributed by atoms with Gasteiger partial charge in [0.05, 0.1) is 26.9 Å². The van der Waals surface area contributed by atoms with E-state index >= 15 is 0 Å². The Morgan fingerprint density at radius 1 is 0.957 bits per heavy atom. The first-order chi connectivity index (χ1) is 11.1. The number of carbonyl (C=O) groups excluding carboxylic acids is 1. The molecule has 2 rings (SSSR count). The second-order valence-corrected chi connectivity index (χ2v) is 4.67. The average Bonchev–Trinajstić information content (AvgIpc) is 2.59. The molecule has 0 amide bonds. The molecule has 0 spiro atoms. The Labute approximate surface area is 134 Å². The number of hydrogen-bond donors (Lipinski definition) is 1. The smallest absolute Gasteiger partial charge is 0.201 e. The van der Waals surface area contributed by atoms with Gasteiger partial charge in [-0.2, -0.15) is 0 Å². The number of rotatable bonds is 6. The lowest BCUT2D eigenvalue weighted by atomic mass is 10.1. The van der Waals surface area contributed by atoms with Gasteiger partial charge in [-0.3, -0.25) is 4.79 Å². The van der Waals surface area contributed by atoms with Gasteiger partial charge in [-0.05, 0) is 35.9 Å². The van der Waals surface area contributed by atoms with Gasteiger partial charge in [-0.1, -0.05) is 18.2 Å². The van der Waals surface area contributed by atoms with Crippen molar-refractivity contribution in [2.75, 3.05) is 21.3 Å². The van der Waals surface area contributed by atoms with E-state index < -0.39 is 0 Å². The Balaban J connectivity index is 2.26. The number of phenolic OH excluding ortho intramolecular Hbond substituents is 1. The molecule has 0 bridgehead atoms. The van der Waals surface area contributed by atoms with E-state index in [9.17, 15) is 9.90 Å². The van der Waals surface area contributed by atoms with Crippen molar-refractivity contribution in [2.45, 2.75) is 0 Å². The first kappa shape index (κ1) is 16.4. The number of hydrogen-bond acceptors (Lipinski definition) is 5. The van der Waals surface area contributed by atoms with Crippen LogP contribution in [0.5, 0.6) is 23.0 Å². The summed E-state index contributed by atoms with van der Waals surface area (Å²) in [6.07, 6.45) is 3.11. The van der Waals surface area contributed by atoms with E-state index in [2.05, 4.69) is 0 Å². The largest absolute Gasteiger partial charge is 0.502 e. The van der Waals surface area contributed by atoms with Crippen LogP contribution in [-0.2, 0) is 0 Å². The van der Waals surface area contributed by atoms with Crippen LogP contribution >= 0.6 is 0 Å². The van der Waals surface area contributed by atoms with Crippen LogP contribution in [-0.4, -0.2) is 32.2 Å². The Bertz CT molecular complexity index is 717. The first-order valence-electron chi connectivity index (χ1n) is 6.91. The van der Waals surface area contributed by atoms with Gasteiger partial charge in [0.15, 0.2) is 17.3 Å². The van der Waals surface area contributed by atoms with Crippen molar-refractivity contribution in [3.05, 3.63) is 53.6 Å². The fraction of sp³-hybridized carbons (Fsp3) is 0.167. The lowest BCUT2D eigenvalue weighted by Gasteiger charge is -2.11. The molecule has 0 aliphatic heterocycles. The van der Waals surface area contributed by atoms with Crippen molar-refractivity contribution in [1.82, 2.24) is 0 Å². The number of phenols is 1. The monoisotopic (exact) mass is 314 g/mol. The fourth-order valence-corrected chi connectivity index (χ4v) is 2.10. The van der Waals surface area contributed by atoms with Crippen molar-refractivity contribution >= 4 is 11.9 Å². The van der Waals surface area contributed by atoms with Crippen LogP contribution in [0.15, 0.2) is 42.5 Å². The predicted molar refractivity (Wildman–Crippen MR) is 87.6 cm³/mol. The molecule has 5 heteroatoms. The van der Waals surface area contributed by atoms with Crippen LogP contribution in [0.3, 0.4) is 0 Å². The van der Waals surface area contributed by atoms with Gasteiger partial charge in [-0.25, -0.2) is 0 Å². The average molecular weight is 314 g/mol. The molecule has 0 saturated carbocycles. The number of methoxy groups -OCH3 is 3. The second-order valence-electron chi connectivity index (χ2n) is 4.67. The maximum atomic E-state index is 12.3. The molecule has 0 aromatic heterocycles. The molecule has 23 heavy (non-hydrogen) atoms. The molecule has 5 nitrogen and oxygen atoms in total. The van der Waals surface area contributed by atoms with Gasteiger partial charge in [0.1, 0.15) is 5.75 Å². The second kappa shape index (κ2) is 7.35. The van der Waals surface area contributed by atoms with E-state index in [1.54, 1.807) is 19.3 Å². The Kier molecular flexibility index (Phi) is 5.25. The van der Waals surface area contributed by atoms with Crippen LogP contribution in [0.4, 0.5) is 0 Å². The number of benzene rings is 2. The fourth-order valence-electron chi connectivity index (χ4n) is 2.10. The SMILES string of the molecule is COc1ccc(/C=C/C(=O)c2ccc(OC)c(O)c2OC)cc1. The van der Waals surface area contributed by atoms with Crippen molar-refractivity contribution in [3.8, 4) is 23.0 Å². The van der Waals surface area contributed by atoms with E-state index in [0.717, 1.165) is 11.3 Å². The van der Waals surface area contributed by atoms with Crippen LogP contribution in [0.1, 0.15) is 15.9 Å². The maximum Gasteiger partial charge on any atom is 0.201 e. The van der Waals surface area contributed by atoms with Crippen LogP contribution in [0, 0.1) is 0 Å². The molecular weight excluding hydrogens is 296 g/mol. The van der Waals surface area contributed by atoms with E-state index in [1.165, 1.54) is 26.4 Å². The van der Waals surface area contributed by atoms with Gasteiger partial charge >= 0.3 is 0 Å². The van der Waals surface area contributed by atoms with E-state index in [-0.39, 0.29) is 28.6 Å². The Hall–Kier alpha value is -2.95. The standard InChI is InChI=1S/C18H18O5/c1-21-13-7-4-12(5-8-13)6-10-15(19)14-9-11-16(22-2)17(20)18(14)23-3/h4-11,20H,1-3H3/b10-6+. The number of ketones is 1. The third-order valence-electron chi connectivity index (χ3n) is 3.33. The number of carbonyl (C=O) groups is 1. The molecule has 0 heterocycles.